The van der Waals surface area contributed by atoms with Crippen molar-refractivity contribution in [2.24, 2.45) is 16.7 Å². The van der Waals surface area contributed by atoms with Crippen molar-refractivity contribution < 1.29 is 72.5 Å². The molecule has 3 aliphatic carbocycles. The highest BCUT2D eigenvalue weighted by atomic mass is 16.6. The molecule has 3 fully saturated rings. The first-order valence-electron chi connectivity index (χ1n) is 20.8. The van der Waals surface area contributed by atoms with Gasteiger partial charge < -0.3 is 43.7 Å². The topological polar surface area (TPSA) is 218 Å². The predicted octanol–water partition coefficient (Wildman–Crippen LogP) is 4.43. The number of ketones is 1. The van der Waals surface area contributed by atoms with Crippen molar-refractivity contribution in [3.05, 3.63) is 82.9 Å². The van der Waals surface area contributed by atoms with E-state index >= 15 is 4.79 Å². The molecule has 0 spiro atoms. The Hall–Kier alpha value is -4.96. The number of aliphatic hydroxyl groups is 3. The maximum atomic E-state index is 15.5. The zero-order valence-corrected chi connectivity index (χ0v) is 35.6. The van der Waals surface area contributed by atoms with Gasteiger partial charge in [-0.1, -0.05) is 82.1 Å². The first-order chi connectivity index (χ1) is 28.7. The lowest BCUT2D eigenvalue weighted by Crippen LogP contribution is -2.82. The molecule has 11 atom stereocenters. The van der Waals surface area contributed by atoms with Crippen LogP contribution in [-0.4, -0.2) is 105 Å². The Bertz CT molecular complexity index is 2050. The van der Waals surface area contributed by atoms with E-state index in [-0.39, 0.29) is 36.2 Å². The summed E-state index contributed by atoms with van der Waals surface area (Å²) >= 11 is 0. The second-order valence-corrected chi connectivity index (χ2v) is 17.4. The molecule has 61 heavy (non-hydrogen) atoms. The Balaban J connectivity index is 1.52. The number of benzene rings is 2. The van der Waals surface area contributed by atoms with Gasteiger partial charge in [-0.2, -0.15) is 0 Å². The minimum absolute atomic E-state index is 0.00291. The zero-order chi connectivity index (χ0) is 44.7. The summed E-state index contributed by atoms with van der Waals surface area (Å²) < 4.78 is 35.9. The summed E-state index contributed by atoms with van der Waals surface area (Å²) in [4.78, 5) is 82.8. The lowest BCUT2D eigenvalue weighted by molar-refractivity contribution is -0.346. The summed E-state index contributed by atoms with van der Waals surface area (Å²) in [6.07, 6.45) is -9.86. The molecule has 3 N–H and O–H groups in total. The van der Waals surface area contributed by atoms with E-state index in [9.17, 15) is 39.3 Å². The molecule has 1 aliphatic heterocycles. The molecule has 0 amide bonds. The van der Waals surface area contributed by atoms with Crippen LogP contribution in [0.3, 0.4) is 0 Å². The molecule has 15 nitrogen and oxygen atoms in total. The lowest BCUT2D eigenvalue weighted by atomic mass is 9.44. The number of esters is 5. The number of hydrogen-bond donors (Lipinski definition) is 3. The fraction of sp³-hybridized carbons (Fsp3) is 0.565. The van der Waals surface area contributed by atoms with Crippen molar-refractivity contribution in [1.82, 2.24) is 0 Å². The molecule has 4 aliphatic rings. The van der Waals surface area contributed by atoms with E-state index in [1.165, 1.54) is 26.0 Å². The molecule has 6 rings (SSSR count). The minimum Gasteiger partial charge on any atom is -0.456 e. The average molecular weight is 849 g/mol. The molecule has 2 aromatic carbocycles. The van der Waals surface area contributed by atoms with Crippen LogP contribution in [0, 0.1) is 16.7 Å². The van der Waals surface area contributed by atoms with Gasteiger partial charge in [-0.15, -0.1) is 0 Å². The summed E-state index contributed by atoms with van der Waals surface area (Å²) in [6.45, 7) is 9.95. The first-order valence-corrected chi connectivity index (χ1v) is 20.8. The third-order valence-corrected chi connectivity index (χ3v) is 13.3. The number of Topliss-reactive ketones (excluding diaryl/α,β-unsaturated/α-hetero) is 1. The third kappa shape index (κ3) is 8.01. The smallest absolute Gasteiger partial charge is 0.339 e. The van der Waals surface area contributed by atoms with Crippen LogP contribution in [0.1, 0.15) is 109 Å². The van der Waals surface area contributed by atoms with Crippen LogP contribution in [0.2, 0.25) is 0 Å². The van der Waals surface area contributed by atoms with E-state index in [4.69, 9.17) is 28.4 Å². The molecule has 1 saturated heterocycles. The van der Waals surface area contributed by atoms with Gasteiger partial charge in [0.2, 0.25) is 0 Å². The van der Waals surface area contributed by atoms with Crippen molar-refractivity contribution in [3.8, 4) is 0 Å². The van der Waals surface area contributed by atoms with Gasteiger partial charge in [-0.25, -0.2) is 9.59 Å². The van der Waals surface area contributed by atoms with Crippen molar-refractivity contribution in [3.63, 3.8) is 0 Å². The van der Waals surface area contributed by atoms with Gasteiger partial charge in [0.15, 0.2) is 29.7 Å². The van der Waals surface area contributed by atoms with Gasteiger partial charge in [-0.3, -0.25) is 19.2 Å². The standard InChI is InChI=1S/C46H56O15/c1-8-9-12-21-33(50)59-36(28-17-13-10-14-18-28)35(51)42(54)58-30-23-46(55)40(60-41(53)29-19-15-11-16-20-29)38-44(7,31(49)22-32-45(38,24-56-32)61-27(4)48)39(52)37(57-26(3)47)34(25(30)2)43(46,5)6/h10-11,13-20,30-32,35-38,40,49,51,55H,8-9,12,21-24H2,1-7H3/t30-,31+,32-,35-,36+,37-,38-,40-,44-,45+,46-/m1/s1. The summed E-state index contributed by atoms with van der Waals surface area (Å²) in [5.74, 6) is -6.91. The fourth-order valence-corrected chi connectivity index (χ4v) is 10.0. The monoisotopic (exact) mass is 848 g/mol. The SMILES string of the molecule is CCCCCC(=O)O[C@@H](c1ccccc1)[C@@H](O)C(=O)O[C@@H]1C[C@@]2(O)[C@H](OC(=O)c3ccccc3)[C@H]3[C@]4(OC(C)=O)CO[C@@H]4C[C@H](O)[C@@]3(C)C(=O)[C@H](OC(C)=O)C(=C1C)C2(C)C. The third-order valence-electron chi connectivity index (χ3n) is 13.3. The Kier molecular flexibility index (Phi) is 13.0. The molecule has 2 saturated carbocycles. The molecule has 330 valence electrons. The summed E-state index contributed by atoms with van der Waals surface area (Å²) in [7, 11) is 0. The Morgan fingerprint density at radius 3 is 2.11 bits per heavy atom. The number of carbonyl (C=O) groups is 6. The number of aliphatic hydroxyl groups excluding tert-OH is 2. The van der Waals surface area contributed by atoms with Crippen molar-refractivity contribution in [2.75, 3.05) is 6.61 Å². The first kappa shape index (κ1) is 45.6. The second kappa shape index (κ2) is 17.4. The minimum atomic E-state index is -2.39. The fourth-order valence-electron chi connectivity index (χ4n) is 10.0. The number of fused-ring (bicyclic) bond motifs is 5. The highest BCUT2D eigenvalue weighted by molar-refractivity contribution is 5.95. The normalized spacial score (nSPS) is 32.3. The Labute approximate surface area is 354 Å². The Morgan fingerprint density at radius 1 is 0.902 bits per heavy atom. The lowest BCUT2D eigenvalue weighted by Gasteiger charge is -2.67. The number of unbranched alkanes of at least 4 members (excludes halogenated alkanes) is 2. The highest BCUT2D eigenvalue weighted by Gasteiger charge is 2.78. The molecule has 0 radical (unpaired) electrons. The maximum Gasteiger partial charge on any atom is 0.339 e. The van der Waals surface area contributed by atoms with Crippen LogP contribution >= 0.6 is 0 Å². The largest absolute Gasteiger partial charge is 0.456 e. The van der Waals surface area contributed by atoms with Gasteiger partial charge in [-0.05, 0) is 49.1 Å². The van der Waals surface area contributed by atoms with Crippen LogP contribution in [-0.2, 0) is 52.4 Å². The average Bonchev–Trinajstić information content (AvgIpc) is 3.21. The molecule has 0 aromatic heterocycles. The highest BCUT2D eigenvalue weighted by Crippen LogP contribution is 2.64. The van der Waals surface area contributed by atoms with Crippen LogP contribution < -0.4 is 0 Å². The maximum absolute atomic E-state index is 15.5. The van der Waals surface area contributed by atoms with Crippen molar-refractivity contribution >= 4 is 35.6 Å². The van der Waals surface area contributed by atoms with E-state index in [1.54, 1.807) is 62.4 Å². The van der Waals surface area contributed by atoms with Crippen LogP contribution in [0.4, 0.5) is 0 Å². The molecule has 15 heteroatoms. The van der Waals surface area contributed by atoms with E-state index in [1.807, 2.05) is 6.92 Å². The van der Waals surface area contributed by atoms with Crippen LogP contribution in [0.25, 0.3) is 0 Å². The molecule has 2 bridgehead atoms. The number of ether oxygens (including phenoxy) is 6. The summed E-state index contributed by atoms with van der Waals surface area (Å²) in [6, 6.07) is 16.0. The van der Waals surface area contributed by atoms with Crippen molar-refractivity contribution in [2.45, 2.75) is 141 Å². The van der Waals surface area contributed by atoms with Gasteiger partial charge in [0.25, 0.3) is 0 Å². The van der Waals surface area contributed by atoms with Crippen molar-refractivity contribution in [1.29, 1.82) is 0 Å². The van der Waals surface area contributed by atoms with Crippen LogP contribution in [0.5, 0.6) is 0 Å². The van der Waals surface area contributed by atoms with Gasteiger partial charge in [0, 0.05) is 38.5 Å². The molecular weight excluding hydrogens is 792 g/mol. The van der Waals surface area contributed by atoms with Gasteiger partial charge >= 0.3 is 29.8 Å². The van der Waals surface area contributed by atoms with E-state index in [0.717, 1.165) is 26.7 Å². The second-order valence-electron chi connectivity index (χ2n) is 17.4. The molecule has 2 aromatic rings. The molecule has 1 heterocycles. The molecular formula is C46H56O15. The predicted molar refractivity (Wildman–Crippen MR) is 214 cm³/mol. The van der Waals surface area contributed by atoms with E-state index in [0.29, 0.717) is 12.0 Å². The van der Waals surface area contributed by atoms with E-state index in [2.05, 4.69) is 0 Å². The quantitative estimate of drug-likeness (QED) is 0.110. The van der Waals surface area contributed by atoms with Crippen LogP contribution in [0.15, 0.2) is 71.8 Å². The van der Waals surface area contributed by atoms with Gasteiger partial charge in [0.1, 0.15) is 23.9 Å². The number of carbonyl (C=O) groups excluding carboxylic acids is 6. The summed E-state index contributed by atoms with van der Waals surface area (Å²) in [5, 5.41) is 37.3. The number of hydrogen-bond acceptors (Lipinski definition) is 15. The van der Waals surface area contributed by atoms with E-state index < -0.39 is 113 Å². The number of rotatable bonds is 13. The summed E-state index contributed by atoms with van der Waals surface area (Å²) in [5.41, 5.74) is -7.32. The Morgan fingerprint density at radius 2 is 1.54 bits per heavy atom. The molecule has 0 unspecified atom stereocenters. The van der Waals surface area contributed by atoms with Gasteiger partial charge in [0.05, 0.1) is 29.6 Å². The zero-order valence-electron chi connectivity index (χ0n) is 35.6.